The molecular weight excluding hydrogens is 466 g/mol. The van der Waals surface area contributed by atoms with Gasteiger partial charge in [0.1, 0.15) is 4.21 Å². The van der Waals surface area contributed by atoms with Gasteiger partial charge in [0.05, 0.1) is 26.9 Å². The fourth-order valence-electron chi connectivity index (χ4n) is 2.89. The molecule has 0 saturated carbocycles. The first-order valence-corrected chi connectivity index (χ1v) is 11.8. The quantitative estimate of drug-likeness (QED) is 0.546. The maximum atomic E-state index is 12.7. The van der Waals surface area contributed by atoms with Crippen LogP contribution in [0.5, 0.6) is 11.5 Å². The number of alkyl halides is 2. The van der Waals surface area contributed by atoms with Crippen LogP contribution < -0.4 is 14.8 Å². The van der Waals surface area contributed by atoms with Crippen molar-refractivity contribution in [3.63, 3.8) is 0 Å². The summed E-state index contributed by atoms with van der Waals surface area (Å²) in [5, 5.41) is 2.68. The molecule has 1 saturated heterocycles. The fourth-order valence-corrected chi connectivity index (χ4v) is 5.75. The van der Waals surface area contributed by atoms with E-state index in [1.807, 2.05) is 0 Å². The molecule has 1 fully saturated rings. The third kappa shape index (κ3) is 6.25. The van der Waals surface area contributed by atoms with Crippen LogP contribution in [0.15, 0.2) is 40.6 Å². The van der Waals surface area contributed by atoms with E-state index in [9.17, 15) is 22.0 Å². The monoisotopic (exact) mass is 488 g/mol. The van der Waals surface area contributed by atoms with Crippen molar-refractivity contribution in [3.05, 3.63) is 46.8 Å². The lowest BCUT2D eigenvalue weighted by atomic mass is 10.2. The molecule has 3 rings (SSSR count). The van der Waals surface area contributed by atoms with Crippen LogP contribution in [0.3, 0.4) is 0 Å². The molecule has 32 heavy (non-hydrogen) atoms. The van der Waals surface area contributed by atoms with Crippen LogP contribution in [0.25, 0.3) is 6.08 Å². The Hall–Kier alpha value is -2.54. The first kappa shape index (κ1) is 24.1. The van der Waals surface area contributed by atoms with E-state index in [2.05, 4.69) is 10.1 Å². The summed E-state index contributed by atoms with van der Waals surface area (Å²) in [7, 11) is -2.25. The number of methoxy groups -OCH3 is 1. The normalized spacial score (nSPS) is 15.2. The van der Waals surface area contributed by atoms with E-state index in [-0.39, 0.29) is 22.3 Å². The molecule has 0 spiro atoms. The average molecular weight is 489 g/mol. The van der Waals surface area contributed by atoms with Gasteiger partial charge in [-0.25, -0.2) is 8.42 Å². The van der Waals surface area contributed by atoms with Crippen molar-refractivity contribution in [1.82, 2.24) is 9.62 Å². The highest BCUT2D eigenvalue weighted by Crippen LogP contribution is 2.30. The summed E-state index contributed by atoms with van der Waals surface area (Å²) < 4.78 is 66.3. The minimum Gasteiger partial charge on any atom is -0.493 e. The Morgan fingerprint density at radius 3 is 2.69 bits per heavy atom. The van der Waals surface area contributed by atoms with Gasteiger partial charge in [-0.05, 0) is 35.9 Å². The number of halogens is 2. The van der Waals surface area contributed by atoms with Crippen molar-refractivity contribution >= 4 is 33.3 Å². The number of nitrogens with one attached hydrogen (secondary N) is 1. The average Bonchev–Trinajstić information content (AvgIpc) is 3.27. The number of rotatable bonds is 9. The summed E-state index contributed by atoms with van der Waals surface area (Å²) in [4.78, 5) is 12.8. The Morgan fingerprint density at radius 2 is 2.00 bits per heavy atom. The first-order valence-electron chi connectivity index (χ1n) is 9.55. The Balaban J connectivity index is 1.57. The van der Waals surface area contributed by atoms with Gasteiger partial charge in [-0.15, -0.1) is 11.3 Å². The second-order valence-corrected chi connectivity index (χ2v) is 9.91. The zero-order valence-corrected chi connectivity index (χ0v) is 18.8. The number of morpholine rings is 1. The number of nitrogens with zero attached hydrogens (tertiary/aromatic N) is 1. The number of ether oxygens (including phenoxy) is 3. The van der Waals surface area contributed by atoms with Crippen LogP contribution in [0.4, 0.5) is 8.78 Å². The van der Waals surface area contributed by atoms with Crippen molar-refractivity contribution in [2.75, 3.05) is 33.4 Å². The smallest absolute Gasteiger partial charge is 0.387 e. The highest BCUT2D eigenvalue weighted by atomic mass is 32.2. The molecule has 0 aliphatic carbocycles. The molecule has 2 heterocycles. The van der Waals surface area contributed by atoms with Crippen LogP contribution in [-0.2, 0) is 26.1 Å². The van der Waals surface area contributed by atoms with Crippen LogP contribution in [0, 0.1) is 0 Å². The van der Waals surface area contributed by atoms with E-state index in [0.717, 1.165) is 11.3 Å². The van der Waals surface area contributed by atoms with Crippen molar-refractivity contribution in [1.29, 1.82) is 0 Å². The summed E-state index contributed by atoms with van der Waals surface area (Å²) in [6.45, 7) is -1.44. The summed E-state index contributed by atoms with van der Waals surface area (Å²) >= 11 is 1.10. The molecule has 0 radical (unpaired) electrons. The predicted molar refractivity (Wildman–Crippen MR) is 114 cm³/mol. The van der Waals surface area contributed by atoms with E-state index in [1.54, 1.807) is 6.07 Å². The Kier molecular flexibility index (Phi) is 8.18. The molecule has 1 aromatic carbocycles. The second kappa shape index (κ2) is 10.9. The predicted octanol–water partition coefficient (Wildman–Crippen LogP) is 2.71. The maximum absolute atomic E-state index is 12.7. The highest BCUT2D eigenvalue weighted by molar-refractivity contribution is 7.91. The van der Waals surface area contributed by atoms with Gasteiger partial charge in [0.25, 0.3) is 10.0 Å². The zero-order valence-electron chi connectivity index (χ0n) is 17.1. The van der Waals surface area contributed by atoms with Gasteiger partial charge in [0.15, 0.2) is 11.5 Å². The lowest BCUT2D eigenvalue weighted by Crippen LogP contribution is -2.40. The third-order valence-corrected chi connectivity index (χ3v) is 7.92. The largest absolute Gasteiger partial charge is 0.493 e. The van der Waals surface area contributed by atoms with E-state index < -0.39 is 22.5 Å². The summed E-state index contributed by atoms with van der Waals surface area (Å²) in [6, 6.07) is 7.48. The highest BCUT2D eigenvalue weighted by Gasteiger charge is 2.27. The first-order chi connectivity index (χ1) is 15.3. The standard InChI is InChI=1S/C20H22F2N2O6S2/c1-28-17-12-14(2-5-16(17)30-20(21)22)3-6-18(25)23-13-15-4-7-19(31-15)32(26,27)24-8-10-29-11-9-24/h2-7,12,20H,8-11,13H2,1H3,(H,23,25)/b6-3+. The molecule has 2 aromatic rings. The van der Waals surface area contributed by atoms with E-state index in [0.29, 0.717) is 36.7 Å². The van der Waals surface area contributed by atoms with E-state index >= 15 is 0 Å². The van der Waals surface area contributed by atoms with Crippen LogP contribution in [0.1, 0.15) is 10.4 Å². The van der Waals surface area contributed by atoms with Gasteiger partial charge >= 0.3 is 6.61 Å². The Bertz CT molecular complexity index is 1070. The molecule has 1 aliphatic heterocycles. The molecule has 0 unspecified atom stereocenters. The van der Waals surface area contributed by atoms with Crippen LogP contribution in [0.2, 0.25) is 0 Å². The number of hydrogen-bond acceptors (Lipinski definition) is 7. The molecule has 8 nitrogen and oxygen atoms in total. The molecule has 12 heteroatoms. The second-order valence-electron chi connectivity index (χ2n) is 6.58. The Morgan fingerprint density at radius 1 is 1.25 bits per heavy atom. The minimum absolute atomic E-state index is 0.107. The number of sulfonamides is 1. The molecule has 0 atom stereocenters. The van der Waals surface area contributed by atoms with Crippen LogP contribution >= 0.6 is 11.3 Å². The molecular formula is C20H22F2N2O6S2. The number of amides is 1. The maximum Gasteiger partial charge on any atom is 0.387 e. The van der Waals surface area contributed by atoms with Gasteiger partial charge in [-0.3, -0.25) is 4.79 Å². The Labute approximate surface area is 188 Å². The van der Waals surface area contributed by atoms with E-state index in [4.69, 9.17) is 9.47 Å². The molecule has 1 N–H and O–H groups in total. The summed E-state index contributed by atoms with van der Waals surface area (Å²) in [5.41, 5.74) is 0.550. The van der Waals surface area contributed by atoms with Crippen molar-refractivity contribution in [3.8, 4) is 11.5 Å². The SMILES string of the molecule is COc1cc(/C=C/C(=O)NCc2ccc(S(=O)(=O)N3CCOCC3)s2)ccc1OC(F)F. The molecule has 1 aromatic heterocycles. The van der Waals surface area contributed by atoms with Crippen molar-refractivity contribution in [2.24, 2.45) is 0 Å². The van der Waals surface area contributed by atoms with Crippen molar-refractivity contribution in [2.45, 2.75) is 17.4 Å². The lowest BCUT2D eigenvalue weighted by molar-refractivity contribution is -0.116. The number of hydrogen-bond donors (Lipinski definition) is 1. The molecule has 174 valence electrons. The van der Waals surface area contributed by atoms with Gasteiger partial charge in [-0.2, -0.15) is 13.1 Å². The van der Waals surface area contributed by atoms with Gasteiger partial charge < -0.3 is 19.5 Å². The van der Waals surface area contributed by atoms with E-state index in [1.165, 1.54) is 47.8 Å². The van der Waals surface area contributed by atoms with Crippen LogP contribution in [-0.4, -0.2) is 58.7 Å². The number of benzene rings is 1. The van der Waals surface area contributed by atoms with Gasteiger partial charge in [-0.1, -0.05) is 6.07 Å². The summed E-state index contributed by atoms with van der Waals surface area (Å²) in [6.07, 6.45) is 2.77. The van der Waals surface area contributed by atoms with Gasteiger partial charge in [0.2, 0.25) is 5.91 Å². The third-order valence-electron chi connectivity index (χ3n) is 4.47. The fraction of sp³-hybridized carbons (Fsp3) is 0.350. The number of thiophene rings is 1. The van der Waals surface area contributed by atoms with Gasteiger partial charge in [0, 0.05) is 24.0 Å². The molecule has 1 aliphatic rings. The topological polar surface area (TPSA) is 94.2 Å². The van der Waals surface area contributed by atoms with Crippen molar-refractivity contribution < 1.29 is 36.2 Å². The summed E-state index contributed by atoms with van der Waals surface area (Å²) in [5.74, 6) is -0.395. The minimum atomic E-state index is -3.57. The zero-order chi connectivity index (χ0) is 23.1. The lowest BCUT2D eigenvalue weighted by Gasteiger charge is -2.25. The molecule has 1 amide bonds. The number of carbonyl (C=O) groups is 1. The molecule has 0 bridgehead atoms. The number of carbonyl (C=O) groups excluding carboxylic acids is 1.